The normalized spacial score (nSPS) is 16.8. The number of nitrogens with zero attached hydrogens (tertiary/aromatic N) is 3. The van der Waals surface area contributed by atoms with Crippen LogP contribution in [-0.2, 0) is 11.3 Å². The molecule has 1 fully saturated rings. The van der Waals surface area contributed by atoms with Gasteiger partial charge < -0.3 is 4.74 Å². The summed E-state index contributed by atoms with van der Waals surface area (Å²) in [6.07, 6.45) is 0.0862. The molecule has 0 saturated carbocycles. The van der Waals surface area contributed by atoms with E-state index in [0.717, 1.165) is 50.0 Å². The van der Waals surface area contributed by atoms with E-state index in [1.165, 1.54) is 11.1 Å². The molecule has 2 aromatic carbocycles. The highest BCUT2D eigenvalue weighted by atomic mass is 32.1. The highest BCUT2D eigenvalue weighted by Crippen LogP contribution is 2.30. The number of piperazine rings is 1. The van der Waals surface area contributed by atoms with Crippen molar-refractivity contribution >= 4 is 11.3 Å². The molecule has 158 valence electrons. The van der Waals surface area contributed by atoms with E-state index in [-0.39, 0.29) is 6.10 Å². The molecular weight excluding hydrogens is 390 g/mol. The van der Waals surface area contributed by atoms with Crippen LogP contribution in [0, 0.1) is 0 Å². The number of ether oxygens (including phenoxy) is 1. The summed E-state index contributed by atoms with van der Waals surface area (Å²) in [5, 5.41) is 3.27. The number of benzene rings is 2. The maximum atomic E-state index is 5.68. The Morgan fingerprint density at radius 1 is 0.933 bits per heavy atom. The Kier molecular flexibility index (Phi) is 7.28. The molecule has 0 amide bonds. The zero-order valence-corrected chi connectivity index (χ0v) is 18.7. The summed E-state index contributed by atoms with van der Waals surface area (Å²) in [6.45, 7) is 9.99. The van der Waals surface area contributed by atoms with Gasteiger partial charge in [-0.1, -0.05) is 60.7 Å². The molecule has 0 aliphatic carbocycles. The van der Waals surface area contributed by atoms with Crippen molar-refractivity contribution in [1.82, 2.24) is 14.8 Å². The molecule has 4 rings (SSSR count). The first-order chi connectivity index (χ1) is 14.7. The Morgan fingerprint density at radius 2 is 1.53 bits per heavy atom. The quantitative estimate of drug-likeness (QED) is 0.503. The fourth-order valence-electron chi connectivity index (χ4n) is 4.20. The van der Waals surface area contributed by atoms with Crippen LogP contribution >= 0.6 is 11.3 Å². The van der Waals surface area contributed by atoms with Crippen LogP contribution in [0.5, 0.6) is 0 Å². The summed E-state index contributed by atoms with van der Waals surface area (Å²) in [5.41, 5.74) is 3.90. The average Bonchev–Trinajstić information content (AvgIpc) is 3.26. The van der Waals surface area contributed by atoms with Gasteiger partial charge >= 0.3 is 0 Å². The minimum Gasteiger partial charge on any atom is -0.372 e. The van der Waals surface area contributed by atoms with Crippen LogP contribution in [0.25, 0.3) is 0 Å². The van der Waals surface area contributed by atoms with Crippen LogP contribution in [0.4, 0.5) is 0 Å². The fourth-order valence-corrected chi connectivity index (χ4v) is 5.01. The number of hydrogen-bond acceptors (Lipinski definition) is 5. The molecule has 30 heavy (non-hydrogen) atoms. The lowest BCUT2D eigenvalue weighted by Crippen LogP contribution is -2.47. The largest absolute Gasteiger partial charge is 0.372 e. The van der Waals surface area contributed by atoms with E-state index in [1.54, 1.807) is 11.3 Å². The van der Waals surface area contributed by atoms with Gasteiger partial charge in [0.1, 0.15) is 11.1 Å². The van der Waals surface area contributed by atoms with Gasteiger partial charge in [-0.2, -0.15) is 0 Å². The third-order valence-electron chi connectivity index (χ3n) is 5.72. The predicted molar refractivity (Wildman–Crippen MR) is 124 cm³/mol. The van der Waals surface area contributed by atoms with Gasteiger partial charge in [0.05, 0.1) is 11.7 Å². The van der Waals surface area contributed by atoms with Crippen molar-refractivity contribution in [2.75, 3.05) is 32.8 Å². The van der Waals surface area contributed by atoms with E-state index < -0.39 is 0 Å². The van der Waals surface area contributed by atoms with E-state index in [1.807, 2.05) is 6.92 Å². The first-order valence-electron chi connectivity index (χ1n) is 10.9. The van der Waals surface area contributed by atoms with Crippen molar-refractivity contribution in [3.8, 4) is 0 Å². The van der Waals surface area contributed by atoms with Gasteiger partial charge in [0.25, 0.3) is 0 Å². The maximum absolute atomic E-state index is 5.68. The Bertz CT molecular complexity index is 852. The molecule has 2 heterocycles. The van der Waals surface area contributed by atoms with Gasteiger partial charge in [0.2, 0.25) is 0 Å². The van der Waals surface area contributed by atoms with Crippen LogP contribution in [-0.4, -0.2) is 47.6 Å². The lowest BCUT2D eigenvalue weighted by atomic mass is 9.96. The highest BCUT2D eigenvalue weighted by molar-refractivity contribution is 7.09. The van der Waals surface area contributed by atoms with Gasteiger partial charge in [-0.05, 0) is 25.0 Å². The van der Waals surface area contributed by atoms with Crippen LogP contribution in [0.3, 0.4) is 0 Å². The maximum Gasteiger partial charge on any atom is 0.122 e. The Labute approximate surface area is 184 Å². The second-order valence-corrected chi connectivity index (χ2v) is 8.70. The van der Waals surface area contributed by atoms with Gasteiger partial charge in [-0.15, -0.1) is 11.3 Å². The van der Waals surface area contributed by atoms with Gasteiger partial charge in [0.15, 0.2) is 0 Å². The van der Waals surface area contributed by atoms with Crippen molar-refractivity contribution in [3.05, 3.63) is 87.9 Å². The summed E-state index contributed by atoms with van der Waals surface area (Å²) < 4.78 is 5.68. The molecule has 0 bridgehead atoms. The van der Waals surface area contributed by atoms with Gasteiger partial charge in [0, 0.05) is 44.7 Å². The number of thiazole rings is 1. The van der Waals surface area contributed by atoms with E-state index in [9.17, 15) is 0 Å². The van der Waals surface area contributed by atoms with Crippen molar-refractivity contribution < 1.29 is 4.74 Å². The van der Waals surface area contributed by atoms with Crippen LogP contribution < -0.4 is 0 Å². The molecule has 3 aromatic rings. The second-order valence-electron chi connectivity index (χ2n) is 7.81. The smallest absolute Gasteiger partial charge is 0.122 e. The molecule has 1 saturated heterocycles. The first-order valence-corrected chi connectivity index (χ1v) is 11.7. The van der Waals surface area contributed by atoms with E-state index in [2.05, 4.69) is 82.8 Å². The topological polar surface area (TPSA) is 28.6 Å². The number of aromatic nitrogens is 1. The summed E-state index contributed by atoms with van der Waals surface area (Å²) in [7, 11) is 0. The Morgan fingerprint density at radius 3 is 2.10 bits per heavy atom. The zero-order valence-electron chi connectivity index (χ0n) is 17.9. The molecule has 1 atom stereocenters. The summed E-state index contributed by atoms with van der Waals surface area (Å²) in [4.78, 5) is 9.95. The van der Waals surface area contributed by atoms with E-state index in [4.69, 9.17) is 9.72 Å². The SMILES string of the molecule is CCOC(C)c1nc(CN2CCN(C(c3ccccc3)c3ccccc3)CC2)cs1. The van der Waals surface area contributed by atoms with Crippen molar-refractivity contribution in [2.24, 2.45) is 0 Å². The van der Waals surface area contributed by atoms with E-state index in [0.29, 0.717) is 6.04 Å². The Balaban J connectivity index is 1.40. The molecule has 1 aliphatic heterocycles. The lowest BCUT2D eigenvalue weighted by Gasteiger charge is -2.39. The third kappa shape index (κ3) is 5.16. The molecule has 0 radical (unpaired) electrons. The standard InChI is InChI=1S/C25H31N3OS/c1-3-29-20(2)25-26-23(19-30-25)18-27-14-16-28(17-15-27)24(21-10-6-4-7-11-21)22-12-8-5-9-13-22/h4-13,19-20,24H,3,14-18H2,1-2H3. The van der Waals surface area contributed by atoms with Crippen LogP contribution in [0.1, 0.15) is 47.8 Å². The van der Waals surface area contributed by atoms with E-state index >= 15 is 0 Å². The molecular formula is C25H31N3OS. The molecule has 1 aliphatic rings. The molecule has 1 unspecified atom stereocenters. The minimum atomic E-state index is 0.0862. The number of rotatable bonds is 8. The number of hydrogen-bond donors (Lipinski definition) is 0. The van der Waals surface area contributed by atoms with Crippen molar-refractivity contribution in [2.45, 2.75) is 32.5 Å². The zero-order chi connectivity index (χ0) is 20.8. The predicted octanol–water partition coefficient (Wildman–Crippen LogP) is 5.15. The Hall–Kier alpha value is -2.05. The minimum absolute atomic E-state index is 0.0862. The summed E-state index contributed by atoms with van der Waals surface area (Å²) >= 11 is 1.71. The molecule has 5 heteroatoms. The first kappa shape index (κ1) is 21.2. The van der Waals surface area contributed by atoms with Gasteiger partial charge in [-0.25, -0.2) is 4.98 Å². The van der Waals surface area contributed by atoms with Crippen LogP contribution in [0.2, 0.25) is 0 Å². The van der Waals surface area contributed by atoms with Crippen molar-refractivity contribution in [1.29, 1.82) is 0 Å². The molecule has 1 aromatic heterocycles. The molecule has 0 spiro atoms. The highest BCUT2D eigenvalue weighted by Gasteiger charge is 2.26. The molecule has 0 N–H and O–H groups in total. The monoisotopic (exact) mass is 421 g/mol. The van der Waals surface area contributed by atoms with Crippen LogP contribution in [0.15, 0.2) is 66.0 Å². The third-order valence-corrected chi connectivity index (χ3v) is 6.78. The summed E-state index contributed by atoms with van der Waals surface area (Å²) in [5.74, 6) is 0. The average molecular weight is 422 g/mol. The fraction of sp³-hybridized carbons (Fsp3) is 0.400. The summed E-state index contributed by atoms with van der Waals surface area (Å²) in [6, 6.07) is 22.1. The van der Waals surface area contributed by atoms with Crippen molar-refractivity contribution in [3.63, 3.8) is 0 Å². The van der Waals surface area contributed by atoms with Gasteiger partial charge in [-0.3, -0.25) is 9.80 Å². The second kappa shape index (κ2) is 10.3. The molecule has 4 nitrogen and oxygen atoms in total. The lowest BCUT2D eigenvalue weighted by molar-refractivity contribution is 0.0757.